The Kier molecular flexibility index (Phi) is 5.05. The number of hydrogen-bond donors (Lipinski definition) is 1. The lowest BCUT2D eigenvalue weighted by Crippen LogP contribution is -2.01. The van der Waals surface area contributed by atoms with Gasteiger partial charge in [-0.1, -0.05) is 0 Å². The van der Waals surface area contributed by atoms with Crippen molar-refractivity contribution < 1.29 is 26.1 Å². The molecule has 2 N–H and O–H groups in total. The molecular weight excluding hydrogens is 364 g/mol. The summed E-state index contributed by atoms with van der Waals surface area (Å²) in [6.07, 6.45) is 1.04. The molecule has 0 bridgehead atoms. The fraction of sp³-hybridized carbons (Fsp3) is 0.250. The molecule has 0 aliphatic carbocycles. The topological polar surface area (TPSA) is 102 Å². The van der Waals surface area contributed by atoms with E-state index in [1.54, 1.807) is 26.0 Å². The Morgan fingerprint density at radius 3 is 2.11 bits per heavy atom. The van der Waals surface area contributed by atoms with Crippen molar-refractivity contribution in [1.82, 2.24) is 0 Å². The number of aryl methyl sites for hydroxylation is 2. The molecule has 2 aromatic rings. The van der Waals surface area contributed by atoms with Crippen molar-refractivity contribution in [2.24, 2.45) is 5.73 Å². The van der Waals surface area contributed by atoms with Crippen molar-refractivity contribution in [2.75, 3.05) is 20.3 Å². The van der Waals surface area contributed by atoms with Gasteiger partial charge in [-0.3, -0.25) is 0 Å². The summed E-state index contributed by atoms with van der Waals surface area (Å²) in [5.74, 6) is 0.486. The van der Waals surface area contributed by atoms with Crippen molar-refractivity contribution >= 4 is 15.5 Å². The molecule has 0 heterocycles. The van der Waals surface area contributed by atoms with Crippen LogP contribution in [0, 0.1) is 25.2 Å². The monoisotopic (exact) mass is 394 g/mol. The number of methoxy groups -OCH3 is 2. The minimum absolute atomic E-state index is 0.0889. The van der Waals surface area contributed by atoms with Gasteiger partial charge in [0.15, 0.2) is 9.84 Å². The lowest BCUT2D eigenvalue weighted by molar-refractivity contribution is 0.411. The molecule has 144 valence electrons. The van der Waals surface area contributed by atoms with E-state index in [2.05, 4.69) is 0 Å². The Morgan fingerprint density at radius 1 is 1.11 bits per heavy atom. The molecule has 0 saturated carbocycles. The Bertz CT molecular complexity index is 1170. The van der Waals surface area contributed by atoms with Crippen LogP contribution in [-0.2, 0) is 9.84 Å². The second-order valence-corrected chi connectivity index (χ2v) is 7.57. The average Bonchev–Trinajstić information content (AvgIpc) is 2.62. The Morgan fingerprint density at radius 2 is 1.67 bits per heavy atom. The van der Waals surface area contributed by atoms with Gasteiger partial charge in [0.25, 0.3) is 0 Å². The molecule has 2 aromatic carbocycles. The molecule has 0 amide bonds. The van der Waals surface area contributed by atoms with Gasteiger partial charge in [0.05, 0.1) is 45.0 Å². The lowest BCUT2D eigenvalue weighted by atomic mass is 10.1. The first-order valence-electron chi connectivity index (χ1n) is 10.6. The quantitative estimate of drug-likeness (QED) is 0.854. The third-order valence-electron chi connectivity index (χ3n) is 3.37. The second kappa shape index (κ2) is 9.64. The maximum absolute atomic E-state index is 11.1. The van der Waals surface area contributed by atoms with E-state index in [4.69, 9.17) is 28.7 Å². The highest BCUT2D eigenvalue weighted by Gasteiger charge is 2.05. The van der Waals surface area contributed by atoms with Crippen molar-refractivity contribution in [3.05, 3.63) is 64.1 Å². The van der Waals surface area contributed by atoms with Crippen LogP contribution in [0.3, 0.4) is 0 Å². The number of ether oxygens (including phenoxy) is 2. The van der Waals surface area contributed by atoms with Gasteiger partial charge in [-0.25, -0.2) is 8.42 Å². The maximum Gasteiger partial charge on any atom is 0.170 e. The minimum Gasteiger partial charge on any atom is -0.496 e. The molecule has 0 aliphatic rings. The van der Waals surface area contributed by atoms with Crippen LogP contribution in [0.15, 0.2) is 41.8 Å². The molecule has 0 radical (unpaired) electrons. The normalized spacial score (nSPS) is 15.3. The summed E-state index contributed by atoms with van der Waals surface area (Å²) in [7, 11) is -8.30. The molecule has 6 nitrogen and oxygen atoms in total. The molecule has 27 heavy (non-hydrogen) atoms. The molecule has 0 spiro atoms. The van der Waals surface area contributed by atoms with E-state index in [1.807, 2.05) is 6.07 Å². The fourth-order valence-corrected chi connectivity index (χ4v) is 2.67. The molecule has 7 heteroatoms. The first-order valence-corrected chi connectivity index (χ1v) is 9.53. The van der Waals surface area contributed by atoms with Gasteiger partial charge >= 0.3 is 0 Å². The lowest BCUT2D eigenvalue weighted by Gasteiger charge is -2.07. The smallest absolute Gasteiger partial charge is 0.170 e. The van der Waals surface area contributed by atoms with Gasteiger partial charge in [0.1, 0.15) is 11.5 Å². The fourth-order valence-electron chi connectivity index (χ4n) is 2.08. The summed E-state index contributed by atoms with van der Waals surface area (Å²) in [6.45, 7) is 3.35. The first-order chi connectivity index (χ1) is 14.9. The van der Waals surface area contributed by atoms with Crippen LogP contribution in [-0.4, -0.2) is 28.7 Å². The number of benzene rings is 2. The predicted molar refractivity (Wildman–Crippen MR) is 107 cm³/mol. The number of nitrogens with two attached hydrogens (primary N) is 1. The van der Waals surface area contributed by atoms with Crippen molar-refractivity contribution in [3.8, 4) is 17.6 Å². The first kappa shape index (κ1) is 14.1. The summed E-state index contributed by atoms with van der Waals surface area (Å²) >= 11 is 0. The number of nitriles is 1. The van der Waals surface area contributed by atoms with Crippen LogP contribution < -0.4 is 15.2 Å². The van der Waals surface area contributed by atoms with Crippen LogP contribution in [0.4, 0.5) is 0 Å². The molecule has 0 aliphatic heterocycles. The summed E-state index contributed by atoms with van der Waals surface area (Å²) in [5, 5.41) is 9.53. The third kappa shape index (κ3) is 7.04. The highest BCUT2D eigenvalue weighted by atomic mass is 32.2. The maximum atomic E-state index is 11.1. The zero-order valence-electron chi connectivity index (χ0n) is 21.1. The summed E-state index contributed by atoms with van der Waals surface area (Å²) in [6, 6.07) is 11.1. The molecule has 0 saturated heterocycles. The van der Waals surface area contributed by atoms with Crippen LogP contribution in [0.5, 0.6) is 11.5 Å². The van der Waals surface area contributed by atoms with E-state index in [-0.39, 0.29) is 17.2 Å². The van der Waals surface area contributed by atoms with Crippen LogP contribution >= 0.6 is 0 Å². The molecule has 2 rings (SSSR count). The van der Waals surface area contributed by atoms with Crippen LogP contribution in [0.25, 0.3) is 5.70 Å². The van der Waals surface area contributed by atoms with Crippen LogP contribution in [0.1, 0.15) is 30.5 Å². The Labute approximate surface area is 169 Å². The van der Waals surface area contributed by atoms with E-state index in [1.165, 1.54) is 24.3 Å². The summed E-state index contributed by atoms with van der Waals surface area (Å²) in [4.78, 5) is 0. The van der Waals surface area contributed by atoms with Gasteiger partial charge < -0.3 is 15.2 Å². The molecule has 0 atom stereocenters. The molecule has 0 aromatic heterocycles. The van der Waals surface area contributed by atoms with Gasteiger partial charge in [-0.05, 0) is 66.9 Å². The van der Waals surface area contributed by atoms with E-state index < -0.39 is 23.9 Å². The predicted octanol–water partition coefficient (Wildman–Crippen LogP) is 3.18. The number of hydrogen-bond acceptors (Lipinski definition) is 6. The van der Waals surface area contributed by atoms with Crippen molar-refractivity contribution in [3.63, 3.8) is 0 Å². The largest absolute Gasteiger partial charge is 0.496 e. The summed E-state index contributed by atoms with van der Waals surface area (Å²) in [5.41, 5.74) is 7.91. The number of rotatable bonds is 4. The standard InChI is InChI=1S/C11H15NO3S.C9H9NO/c1-8-6-9(4-5-11(8)15-2)10(12)7-16(3,13)14;1-7-5-8(6-10)3-4-9(7)11-2/h4-7H,12H2,1-3H3;3-5H,1-2H3/b10-7-;/i2*2D3. The number of sulfone groups is 1. The second-order valence-electron chi connectivity index (χ2n) is 5.68. The average molecular weight is 395 g/mol. The zero-order chi connectivity index (χ0) is 25.6. The molecule has 0 unspecified atom stereocenters. The van der Waals surface area contributed by atoms with E-state index in [0.29, 0.717) is 22.3 Å². The molecule has 0 fully saturated rings. The Balaban J connectivity index is 0.000000346. The highest BCUT2D eigenvalue weighted by molar-refractivity contribution is 7.93. The van der Waals surface area contributed by atoms with Crippen molar-refractivity contribution in [1.29, 1.82) is 5.26 Å². The highest BCUT2D eigenvalue weighted by Crippen LogP contribution is 2.21. The van der Waals surface area contributed by atoms with Crippen LogP contribution in [0.2, 0.25) is 0 Å². The summed E-state index contributed by atoms with van der Waals surface area (Å²) < 4.78 is 73.5. The van der Waals surface area contributed by atoms with E-state index in [0.717, 1.165) is 11.7 Å². The van der Waals surface area contributed by atoms with Gasteiger partial charge in [-0.15, -0.1) is 0 Å². The third-order valence-corrected chi connectivity index (χ3v) is 4.06. The Hall–Kier alpha value is -2.98. The molecular formula is C20H24N2O4S. The van der Waals surface area contributed by atoms with Gasteiger partial charge in [0, 0.05) is 6.26 Å². The minimum atomic E-state index is -3.33. The SMILES string of the molecule is [2H]C([2H])([2H])Oc1ccc(/C(N)=C/S(C)(=O)=O)cc1C.[2H]C([2H])([2H])Oc1ccc(C#N)cc1C. The zero-order valence-corrected chi connectivity index (χ0v) is 15.9. The van der Waals surface area contributed by atoms with Crippen molar-refractivity contribution in [2.45, 2.75) is 13.8 Å². The van der Waals surface area contributed by atoms with E-state index >= 15 is 0 Å². The van der Waals surface area contributed by atoms with E-state index in [9.17, 15) is 8.42 Å². The number of nitrogens with zero attached hydrogens (tertiary/aromatic N) is 1. The van der Waals surface area contributed by atoms with Gasteiger partial charge in [-0.2, -0.15) is 5.26 Å². The van der Waals surface area contributed by atoms with Gasteiger partial charge in [0.2, 0.25) is 0 Å².